The average molecular weight is 537 g/mol. The van der Waals surface area contributed by atoms with E-state index in [1.165, 1.54) is 0 Å². The fraction of sp³-hybridized carbons (Fsp3) is 0.435. The summed E-state index contributed by atoms with van der Waals surface area (Å²) in [5.41, 5.74) is 16.5. The molecule has 0 saturated carbocycles. The van der Waals surface area contributed by atoms with Gasteiger partial charge in [-0.25, -0.2) is 4.79 Å². The van der Waals surface area contributed by atoms with Crippen molar-refractivity contribution in [3.8, 4) is 0 Å². The molecule has 0 spiro atoms. The third-order valence-corrected chi connectivity index (χ3v) is 5.25. The minimum absolute atomic E-state index is 0.0976. The molecule has 5 amide bonds. The van der Waals surface area contributed by atoms with Gasteiger partial charge in [0.2, 0.25) is 29.5 Å². The van der Waals surface area contributed by atoms with E-state index >= 15 is 0 Å². The number of carbonyl (C=O) groups is 7. The van der Waals surface area contributed by atoms with Gasteiger partial charge in [0, 0.05) is 19.3 Å². The minimum Gasteiger partial charge on any atom is -0.481 e. The molecule has 4 atom stereocenters. The second-order valence-corrected chi connectivity index (χ2v) is 8.43. The number of nitrogens with one attached hydrogen (secondary N) is 3. The second kappa shape index (κ2) is 15.6. The maximum Gasteiger partial charge on any atom is 0.326 e. The maximum absolute atomic E-state index is 12.9. The van der Waals surface area contributed by atoms with Crippen LogP contribution in [0.25, 0.3) is 0 Å². The fourth-order valence-electron chi connectivity index (χ4n) is 3.25. The van der Waals surface area contributed by atoms with Crippen LogP contribution in [0.3, 0.4) is 0 Å². The lowest BCUT2D eigenvalue weighted by Gasteiger charge is -2.24. The number of carboxylic acids is 2. The number of hydrogen-bond acceptors (Lipinski definition) is 8. The molecule has 0 fully saturated rings. The molecule has 1 rings (SSSR count). The van der Waals surface area contributed by atoms with Crippen molar-refractivity contribution in [2.45, 2.75) is 62.7 Å². The fourth-order valence-corrected chi connectivity index (χ4v) is 3.25. The van der Waals surface area contributed by atoms with Gasteiger partial charge in [-0.1, -0.05) is 30.3 Å². The number of nitrogens with two attached hydrogens (primary N) is 3. The predicted octanol–water partition coefficient (Wildman–Crippen LogP) is -2.90. The van der Waals surface area contributed by atoms with E-state index in [1.807, 2.05) is 0 Å². The van der Waals surface area contributed by atoms with Crippen molar-refractivity contribution in [3.63, 3.8) is 0 Å². The maximum atomic E-state index is 12.9. The smallest absolute Gasteiger partial charge is 0.326 e. The Labute approximate surface area is 217 Å². The first kappa shape index (κ1) is 31.5. The topological polar surface area (TPSA) is 274 Å². The third kappa shape index (κ3) is 11.9. The monoisotopic (exact) mass is 536 g/mol. The van der Waals surface area contributed by atoms with Crippen molar-refractivity contribution in [2.24, 2.45) is 17.2 Å². The summed E-state index contributed by atoms with van der Waals surface area (Å²) in [6, 6.07) is 2.58. The Morgan fingerprint density at radius 2 is 1.26 bits per heavy atom. The second-order valence-electron chi connectivity index (χ2n) is 8.43. The first-order chi connectivity index (χ1) is 17.8. The normalized spacial score (nSPS) is 13.7. The van der Waals surface area contributed by atoms with Gasteiger partial charge in [0.1, 0.15) is 18.1 Å². The van der Waals surface area contributed by atoms with Crippen molar-refractivity contribution in [2.75, 3.05) is 0 Å². The third-order valence-electron chi connectivity index (χ3n) is 5.25. The summed E-state index contributed by atoms with van der Waals surface area (Å²) in [6.45, 7) is 0. The summed E-state index contributed by atoms with van der Waals surface area (Å²) in [5, 5.41) is 25.2. The summed E-state index contributed by atoms with van der Waals surface area (Å²) in [6.07, 6.45) is -2.13. The van der Waals surface area contributed by atoms with E-state index in [0.717, 1.165) is 0 Å². The summed E-state index contributed by atoms with van der Waals surface area (Å²) in [5.74, 6) is -7.34. The molecule has 4 unspecified atom stereocenters. The lowest BCUT2D eigenvalue weighted by Crippen LogP contribution is -2.58. The number of amides is 5. The molecule has 0 radical (unpaired) electrons. The highest BCUT2D eigenvalue weighted by molar-refractivity contribution is 5.96. The molecule has 0 saturated heterocycles. The Morgan fingerprint density at radius 3 is 1.79 bits per heavy atom. The Morgan fingerprint density at radius 1 is 0.711 bits per heavy atom. The molecular weight excluding hydrogens is 504 g/mol. The number of benzene rings is 1. The van der Waals surface area contributed by atoms with Crippen LogP contribution in [-0.4, -0.2) is 75.9 Å². The van der Waals surface area contributed by atoms with E-state index in [0.29, 0.717) is 5.56 Å². The number of hydrogen-bond donors (Lipinski definition) is 8. The van der Waals surface area contributed by atoms with E-state index in [-0.39, 0.29) is 19.3 Å². The van der Waals surface area contributed by atoms with Crippen molar-refractivity contribution in [1.29, 1.82) is 0 Å². The van der Waals surface area contributed by atoms with Crippen molar-refractivity contribution in [3.05, 3.63) is 35.9 Å². The highest BCUT2D eigenvalue weighted by atomic mass is 16.4. The van der Waals surface area contributed by atoms with Gasteiger partial charge < -0.3 is 43.4 Å². The average Bonchev–Trinajstić information content (AvgIpc) is 2.83. The van der Waals surface area contributed by atoms with Gasteiger partial charge in [0.25, 0.3) is 0 Å². The molecule has 208 valence electrons. The Hall–Kier alpha value is -4.53. The van der Waals surface area contributed by atoms with Gasteiger partial charge in [-0.15, -0.1) is 0 Å². The molecule has 0 aromatic heterocycles. The van der Waals surface area contributed by atoms with Crippen LogP contribution >= 0.6 is 0 Å². The number of primary amides is 2. The van der Waals surface area contributed by atoms with E-state index in [1.54, 1.807) is 30.3 Å². The molecule has 15 nitrogen and oxygen atoms in total. The molecule has 0 aliphatic carbocycles. The molecule has 0 aliphatic rings. The van der Waals surface area contributed by atoms with Gasteiger partial charge in [0.15, 0.2) is 0 Å². The molecule has 1 aromatic rings. The lowest BCUT2D eigenvalue weighted by atomic mass is 10.0. The molecule has 0 heterocycles. The molecule has 0 bridgehead atoms. The van der Waals surface area contributed by atoms with Crippen LogP contribution in [0.1, 0.15) is 37.7 Å². The summed E-state index contributed by atoms with van der Waals surface area (Å²) >= 11 is 0. The molecular formula is C23H32N6O9. The van der Waals surface area contributed by atoms with E-state index in [9.17, 15) is 38.7 Å². The van der Waals surface area contributed by atoms with Gasteiger partial charge in [-0.2, -0.15) is 0 Å². The Bertz CT molecular complexity index is 1030. The molecule has 0 aliphatic heterocycles. The van der Waals surface area contributed by atoms with Crippen LogP contribution in [0.15, 0.2) is 30.3 Å². The van der Waals surface area contributed by atoms with Crippen molar-refractivity contribution < 1.29 is 43.8 Å². The highest BCUT2D eigenvalue weighted by Crippen LogP contribution is 2.06. The molecule has 15 heteroatoms. The zero-order valence-corrected chi connectivity index (χ0v) is 20.4. The molecule has 1 aromatic carbocycles. The number of rotatable bonds is 17. The highest BCUT2D eigenvalue weighted by Gasteiger charge is 2.31. The molecule has 38 heavy (non-hydrogen) atoms. The number of carboxylic acid groups (broad SMARTS) is 2. The Balaban J connectivity index is 3.02. The van der Waals surface area contributed by atoms with Gasteiger partial charge >= 0.3 is 11.9 Å². The van der Waals surface area contributed by atoms with E-state index < -0.39 is 84.9 Å². The first-order valence-electron chi connectivity index (χ1n) is 11.5. The Kier molecular flexibility index (Phi) is 12.9. The van der Waals surface area contributed by atoms with Crippen LogP contribution in [0.4, 0.5) is 0 Å². The lowest BCUT2D eigenvalue weighted by molar-refractivity contribution is -0.142. The first-order valence-corrected chi connectivity index (χ1v) is 11.5. The van der Waals surface area contributed by atoms with E-state index in [2.05, 4.69) is 16.0 Å². The largest absolute Gasteiger partial charge is 0.481 e. The van der Waals surface area contributed by atoms with Gasteiger partial charge in [-0.3, -0.25) is 28.8 Å². The quantitative estimate of drug-likeness (QED) is 0.100. The van der Waals surface area contributed by atoms with Crippen LogP contribution in [0.2, 0.25) is 0 Å². The summed E-state index contributed by atoms with van der Waals surface area (Å²) in [7, 11) is 0. The molecule has 11 N–H and O–H groups in total. The number of aliphatic carboxylic acids is 2. The SMILES string of the molecule is NC(=O)CCC(N)C(=O)NC(CCC(=O)O)C(=O)NC(CC(N)=O)C(=O)NC(Cc1ccccc1)C(=O)O. The predicted molar refractivity (Wildman–Crippen MR) is 131 cm³/mol. The van der Waals surface area contributed by atoms with Crippen LogP contribution in [-0.2, 0) is 40.0 Å². The van der Waals surface area contributed by atoms with Crippen molar-refractivity contribution >= 4 is 41.5 Å². The summed E-state index contributed by atoms with van der Waals surface area (Å²) < 4.78 is 0. The minimum atomic E-state index is -1.63. The van der Waals surface area contributed by atoms with E-state index in [4.69, 9.17) is 22.3 Å². The zero-order valence-electron chi connectivity index (χ0n) is 20.4. The van der Waals surface area contributed by atoms with Gasteiger partial charge in [0.05, 0.1) is 12.5 Å². The van der Waals surface area contributed by atoms with Crippen LogP contribution < -0.4 is 33.2 Å². The number of carbonyl (C=O) groups excluding carboxylic acids is 5. The van der Waals surface area contributed by atoms with Crippen molar-refractivity contribution in [1.82, 2.24) is 16.0 Å². The standard InChI is InChI=1S/C23H32N6O9/c24-13(6-8-17(25)30)20(34)27-14(7-9-19(32)33)21(35)28-15(11-18(26)31)22(36)29-16(23(37)38)10-12-4-2-1-3-5-12/h1-5,13-16H,6-11,24H2,(H2,25,30)(H2,26,31)(H,27,34)(H,28,35)(H,29,36)(H,32,33)(H,37,38). The zero-order chi connectivity index (χ0) is 28.8. The van der Waals surface area contributed by atoms with Gasteiger partial charge in [-0.05, 0) is 18.4 Å². The van der Waals surface area contributed by atoms with Crippen LogP contribution in [0, 0.1) is 0 Å². The van der Waals surface area contributed by atoms with Crippen LogP contribution in [0.5, 0.6) is 0 Å². The summed E-state index contributed by atoms with van der Waals surface area (Å²) in [4.78, 5) is 83.3.